The Hall–Kier alpha value is -1.70. The Morgan fingerprint density at radius 3 is 2.46 bits per heavy atom. The van der Waals surface area contributed by atoms with Gasteiger partial charge in [0.05, 0.1) is 4.90 Å². The van der Waals surface area contributed by atoms with Gasteiger partial charge in [-0.3, -0.25) is 4.79 Å². The van der Waals surface area contributed by atoms with Gasteiger partial charge in [0.1, 0.15) is 0 Å². The van der Waals surface area contributed by atoms with Gasteiger partial charge in [-0.1, -0.05) is 6.08 Å². The summed E-state index contributed by atoms with van der Waals surface area (Å²) in [6, 6.07) is 6.08. The van der Waals surface area contributed by atoms with Gasteiger partial charge in [0.2, 0.25) is 10.0 Å². The zero-order valence-electron chi connectivity index (χ0n) is 14.0. The number of nitrogens with one attached hydrogen (secondary N) is 2. The first-order valence-corrected chi connectivity index (χ1v) is 9.60. The smallest absolute Gasteiger partial charge is 0.253 e. The number of hydrogen-bond donors (Lipinski definition) is 2. The lowest BCUT2D eigenvalue weighted by atomic mass is 9.96. The number of sulfonamides is 1. The van der Waals surface area contributed by atoms with Gasteiger partial charge in [-0.25, -0.2) is 13.1 Å². The van der Waals surface area contributed by atoms with Crippen LogP contribution in [0.3, 0.4) is 0 Å². The summed E-state index contributed by atoms with van der Waals surface area (Å²) in [4.78, 5) is 14.5. The van der Waals surface area contributed by atoms with Crippen molar-refractivity contribution in [3.63, 3.8) is 0 Å². The number of hydrogen-bond acceptors (Lipinski definition) is 4. The van der Waals surface area contributed by atoms with Crippen molar-refractivity contribution in [1.29, 1.82) is 0 Å². The van der Waals surface area contributed by atoms with Crippen LogP contribution in [-0.2, 0) is 10.0 Å². The summed E-state index contributed by atoms with van der Waals surface area (Å²) in [5, 5.41) is 3.18. The van der Waals surface area contributed by atoms with Crippen molar-refractivity contribution < 1.29 is 13.2 Å². The summed E-state index contributed by atoms with van der Waals surface area (Å²) < 4.78 is 26.4. The highest BCUT2D eigenvalue weighted by Crippen LogP contribution is 2.19. The minimum atomic E-state index is -3.56. The summed E-state index contributed by atoms with van der Waals surface area (Å²) in [5.41, 5.74) is 0.518. The van der Waals surface area contributed by atoms with Gasteiger partial charge in [0, 0.05) is 25.2 Å². The van der Waals surface area contributed by atoms with Crippen molar-refractivity contribution >= 4 is 15.9 Å². The Balaban J connectivity index is 2.00. The van der Waals surface area contributed by atoms with Crippen LogP contribution in [0.1, 0.15) is 23.2 Å². The summed E-state index contributed by atoms with van der Waals surface area (Å²) in [5.74, 6) is 0.573. The summed E-state index contributed by atoms with van der Waals surface area (Å²) in [6.07, 6.45) is 3.46. The molecule has 24 heavy (non-hydrogen) atoms. The average molecular weight is 351 g/mol. The molecule has 0 bridgehead atoms. The van der Waals surface area contributed by atoms with E-state index in [1.165, 1.54) is 18.2 Å². The molecule has 0 aromatic heterocycles. The number of rotatable bonds is 7. The highest BCUT2D eigenvalue weighted by Gasteiger charge is 2.23. The van der Waals surface area contributed by atoms with Crippen molar-refractivity contribution in [3.05, 3.63) is 42.5 Å². The molecule has 0 unspecified atom stereocenters. The molecule has 0 spiro atoms. The molecule has 6 nitrogen and oxygen atoms in total. The quantitative estimate of drug-likeness (QED) is 0.724. The predicted molar refractivity (Wildman–Crippen MR) is 94.4 cm³/mol. The van der Waals surface area contributed by atoms with Gasteiger partial charge < -0.3 is 10.2 Å². The fourth-order valence-corrected chi connectivity index (χ4v) is 3.84. The van der Waals surface area contributed by atoms with E-state index in [1.807, 2.05) is 11.9 Å². The molecule has 1 aromatic rings. The Bertz CT molecular complexity index is 663. The standard InChI is InChI=1S/C17H25N3O3S/c1-3-10-19-24(22,23)16-6-4-15(5-7-16)17(21)20-11-8-14(9-12-20)13-18-2/h3-7,14,18-19H,1,8-13H2,2H3. The van der Waals surface area contributed by atoms with Gasteiger partial charge in [-0.15, -0.1) is 6.58 Å². The molecule has 1 amide bonds. The van der Waals surface area contributed by atoms with E-state index in [4.69, 9.17) is 0 Å². The van der Waals surface area contributed by atoms with Crippen LogP contribution in [-0.4, -0.2) is 52.5 Å². The Morgan fingerprint density at radius 1 is 1.29 bits per heavy atom. The van der Waals surface area contributed by atoms with Crippen LogP contribution in [0.15, 0.2) is 41.8 Å². The Morgan fingerprint density at radius 2 is 1.92 bits per heavy atom. The molecule has 0 aliphatic carbocycles. The Labute approximate surface area is 144 Å². The highest BCUT2D eigenvalue weighted by molar-refractivity contribution is 7.89. The predicted octanol–water partition coefficient (Wildman–Crippen LogP) is 1.22. The molecule has 1 aliphatic rings. The molecule has 1 fully saturated rings. The van der Waals surface area contributed by atoms with Crippen LogP contribution in [0.4, 0.5) is 0 Å². The summed E-state index contributed by atoms with van der Waals surface area (Å²) in [7, 11) is -1.61. The second-order valence-electron chi connectivity index (χ2n) is 5.96. The highest BCUT2D eigenvalue weighted by atomic mass is 32.2. The van der Waals surface area contributed by atoms with Crippen LogP contribution >= 0.6 is 0 Å². The van der Waals surface area contributed by atoms with Gasteiger partial charge in [0.25, 0.3) is 5.91 Å². The molecular weight excluding hydrogens is 326 g/mol. The summed E-state index contributed by atoms with van der Waals surface area (Å²) in [6.45, 7) is 6.12. The van der Waals surface area contributed by atoms with Crippen LogP contribution in [0.25, 0.3) is 0 Å². The van der Waals surface area contributed by atoms with Crippen molar-refractivity contribution in [2.75, 3.05) is 33.2 Å². The topological polar surface area (TPSA) is 78.5 Å². The van der Waals surface area contributed by atoms with Crippen molar-refractivity contribution in [2.24, 2.45) is 5.92 Å². The van der Waals surface area contributed by atoms with E-state index in [0.717, 1.165) is 32.5 Å². The van der Waals surface area contributed by atoms with Gasteiger partial charge in [0.15, 0.2) is 0 Å². The molecule has 1 aliphatic heterocycles. The first-order chi connectivity index (χ1) is 11.5. The summed E-state index contributed by atoms with van der Waals surface area (Å²) >= 11 is 0. The lowest BCUT2D eigenvalue weighted by Gasteiger charge is -2.32. The lowest BCUT2D eigenvalue weighted by molar-refractivity contribution is 0.0691. The molecule has 1 heterocycles. The van der Waals surface area contributed by atoms with E-state index in [-0.39, 0.29) is 17.3 Å². The second-order valence-corrected chi connectivity index (χ2v) is 7.73. The molecular formula is C17H25N3O3S. The number of piperidine rings is 1. The molecule has 0 atom stereocenters. The van der Waals surface area contributed by atoms with E-state index in [1.54, 1.807) is 12.1 Å². The number of benzene rings is 1. The van der Waals surface area contributed by atoms with Crippen molar-refractivity contribution in [2.45, 2.75) is 17.7 Å². The molecule has 0 saturated carbocycles. The zero-order chi connectivity index (χ0) is 17.6. The maximum Gasteiger partial charge on any atom is 0.253 e. The maximum atomic E-state index is 12.5. The monoisotopic (exact) mass is 351 g/mol. The van der Waals surface area contributed by atoms with E-state index >= 15 is 0 Å². The van der Waals surface area contributed by atoms with Crippen LogP contribution < -0.4 is 10.0 Å². The largest absolute Gasteiger partial charge is 0.339 e. The third-order valence-corrected chi connectivity index (χ3v) is 5.66. The maximum absolute atomic E-state index is 12.5. The number of amides is 1. The van der Waals surface area contributed by atoms with E-state index in [0.29, 0.717) is 11.5 Å². The first-order valence-electron chi connectivity index (χ1n) is 8.12. The van der Waals surface area contributed by atoms with Crippen LogP contribution in [0, 0.1) is 5.92 Å². The zero-order valence-corrected chi connectivity index (χ0v) is 14.8. The van der Waals surface area contributed by atoms with E-state index in [2.05, 4.69) is 16.6 Å². The minimum absolute atomic E-state index is 0.0408. The number of likely N-dealkylation sites (tertiary alicyclic amines) is 1. The molecule has 2 N–H and O–H groups in total. The van der Waals surface area contributed by atoms with Crippen molar-refractivity contribution in [3.8, 4) is 0 Å². The number of carbonyl (C=O) groups is 1. The third-order valence-electron chi connectivity index (χ3n) is 4.22. The average Bonchev–Trinajstić information content (AvgIpc) is 2.60. The van der Waals surface area contributed by atoms with Gasteiger partial charge in [-0.05, 0) is 56.6 Å². The minimum Gasteiger partial charge on any atom is -0.339 e. The molecule has 1 saturated heterocycles. The third kappa shape index (κ3) is 4.66. The molecule has 1 aromatic carbocycles. The van der Waals surface area contributed by atoms with Crippen LogP contribution in [0.5, 0.6) is 0 Å². The van der Waals surface area contributed by atoms with Gasteiger partial charge >= 0.3 is 0 Å². The molecule has 0 radical (unpaired) electrons. The van der Waals surface area contributed by atoms with Crippen molar-refractivity contribution in [1.82, 2.24) is 14.9 Å². The van der Waals surface area contributed by atoms with Gasteiger partial charge in [-0.2, -0.15) is 0 Å². The van der Waals surface area contributed by atoms with Crippen LogP contribution in [0.2, 0.25) is 0 Å². The fourth-order valence-electron chi connectivity index (χ4n) is 2.84. The molecule has 7 heteroatoms. The molecule has 132 valence electrons. The van der Waals surface area contributed by atoms with E-state index in [9.17, 15) is 13.2 Å². The number of carbonyl (C=O) groups excluding carboxylic acids is 1. The fraction of sp³-hybridized carbons (Fsp3) is 0.471. The Kier molecular flexibility index (Phi) is 6.53. The SMILES string of the molecule is C=CCNS(=O)(=O)c1ccc(C(=O)N2CCC(CNC)CC2)cc1. The van der Waals surface area contributed by atoms with E-state index < -0.39 is 10.0 Å². The molecule has 2 rings (SSSR count). The first kappa shape index (κ1) is 18.6. The second kappa shape index (κ2) is 8.41. The number of nitrogens with zero attached hydrogens (tertiary/aromatic N) is 1. The normalized spacial score (nSPS) is 16.1. The lowest BCUT2D eigenvalue weighted by Crippen LogP contribution is -2.40.